The molecule has 24 heavy (non-hydrogen) atoms. The van der Waals surface area contributed by atoms with Crippen LogP contribution in [0.3, 0.4) is 0 Å². The molecule has 1 aromatic heterocycles. The van der Waals surface area contributed by atoms with Gasteiger partial charge in [0, 0.05) is 37.8 Å². The molecule has 1 fully saturated rings. The van der Waals surface area contributed by atoms with E-state index in [1.165, 1.54) is 0 Å². The highest BCUT2D eigenvalue weighted by atomic mass is 35.5. The lowest BCUT2D eigenvalue weighted by molar-refractivity contribution is -0.137. The maximum absolute atomic E-state index is 12.7. The largest absolute Gasteiger partial charge is 0.417 e. The van der Waals surface area contributed by atoms with Crippen LogP contribution in [0, 0.1) is 5.92 Å². The molecular formula is C15H20ClF3N4O. The Balaban J connectivity index is 1.99. The first-order valence-electron chi connectivity index (χ1n) is 7.65. The van der Waals surface area contributed by atoms with Crippen molar-refractivity contribution in [2.75, 3.05) is 31.6 Å². The molecule has 0 aromatic carbocycles. The zero-order chi connectivity index (χ0) is 17.9. The van der Waals surface area contributed by atoms with E-state index in [9.17, 15) is 18.0 Å². The average molecular weight is 365 g/mol. The molecule has 134 valence electrons. The molecule has 1 aliphatic rings. The molecule has 0 saturated carbocycles. The Kier molecular flexibility index (Phi) is 5.92. The van der Waals surface area contributed by atoms with Crippen LogP contribution in [-0.2, 0) is 11.0 Å². The number of carbonyl (C=O) groups excluding carboxylic acids is 1. The summed E-state index contributed by atoms with van der Waals surface area (Å²) < 4.78 is 38.0. The van der Waals surface area contributed by atoms with Gasteiger partial charge < -0.3 is 15.5 Å². The summed E-state index contributed by atoms with van der Waals surface area (Å²) >= 11 is 5.96. The number of carbonyl (C=O) groups is 1. The topological polar surface area (TPSA) is 57.3 Å². The summed E-state index contributed by atoms with van der Waals surface area (Å²) in [5.74, 6) is 0.101. The molecular weight excluding hydrogens is 345 g/mol. The summed E-state index contributed by atoms with van der Waals surface area (Å²) in [5.41, 5.74) is -0.874. The molecule has 2 N–H and O–H groups in total. The second-order valence-electron chi connectivity index (χ2n) is 5.93. The summed E-state index contributed by atoms with van der Waals surface area (Å²) in [6.07, 6.45) is -3.00. The van der Waals surface area contributed by atoms with Crippen LogP contribution in [0.4, 0.5) is 19.0 Å². The number of hydrogen-bond acceptors (Lipinski definition) is 4. The Morgan fingerprint density at radius 2 is 2.25 bits per heavy atom. The number of rotatable bonds is 5. The van der Waals surface area contributed by atoms with Crippen molar-refractivity contribution in [3.63, 3.8) is 0 Å². The number of halogens is 4. The Bertz CT molecular complexity index is 597. The number of nitrogens with one attached hydrogen (secondary N) is 2. The molecule has 2 unspecified atom stereocenters. The molecule has 1 amide bonds. The third-order valence-electron chi connectivity index (χ3n) is 3.94. The summed E-state index contributed by atoms with van der Waals surface area (Å²) in [6.45, 7) is 3.45. The lowest BCUT2D eigenvalue weighted by Gasteiger charge is -2.20. The fourth-order valence-electron chi connectivity index (χ4n) is 2.63. The van der Waals surface area contributed by atoms with Gasteiger partial charge in [0.15, 0.2) is 0 Å². The van der Waals surface area contributed by atoms with Crippen LogP contribution in [0.5, 0.6) is 0 Å². The Hall–Kier alpha value is -1.54. The lowest BCUT2D eigenvalue weighted by Crippen LogP contribution is -2.42. The van der Waals surface area contributed by atoms with E-state index in [0.29, 0.717) is 31.9 Å². The standard InChI is InChI=1S/C15H20ClF3N4O/c1-9(6-20-2)14(24)22-11-3-4-23(8-11)13-12(16)5-10(7-21-13)15(17,18)19/h5,7,9,11,20H,3-4,6,8H2,1-2H3,(H,22,24). The molecule has 2 rings (SSSR count). The zero-order valence-electron chi connectivity index (χ0n) is 13.5. The van der Waals surface area contributed by atoms with Gasteiger partial charge in [0.25, 0.3) is 0 Å². The molecule has 1 saturated heterocycles. The maximum atomic E-state index is 12.7. The van der Waals surface area contributed by atoms with Crippen molar-refractivity contribution in [3.05, 3.63) is 22.8 Å². The molecule has 1 aromatic rings. The molecule has 2 heterocycles. The van der Waals surface area contributed by atoms with Crippen LogP contribution in [0.15, 0.2) is 12.3 Å². The van der Waals surface area contributed by atoms with Crippen LogP contribution in [0.2, 0.25) is 5.02 Å². The lowest BCUT2D eigenvalue weighted by atomic mass is 10.1. The van der Waals surface area contributed by atoms with Gasteiger partial charge in [0.05, 0.1) is 10.6 Å². The number of hydrogen-bond donors (Lipinski definition) is 2. The second-order valence-corrected chi connectivity index (χ2v) is 6.33. The first-order chi connectivity index (χ1) is 11.2. The number of anilines is 1. The maximum Gasteiger partial charge on any atom is 0.417 e. The Morgan fingerprint density at radius 3 is 2.83 bits per heavy atom. The van der Waals surface area contributed by atoms with E-state index in [-0.39, 0.29) is 22.9 Å². The van der Waals surface area contributed by atoms with Gasteiger partial charge in [-0.2, -0.15) is 13.2 Å². The van der Waals surface area contributed by atoms with Crippen molar-refractivity contribution in [3.8, 4) is 0 Å². The third-order valence-corrected chi connectivity index (χ3v) is 4.22. The molecule has 0 radical (unpaired) electrons. The van der Waals surface area contributed by atoms with Gasteiger partial charge >= 0.3 is 6.18 Å². The van der Waals surface area contributed by atoms with E-state index >= 15 is 0 Å². The second kappa shape index (κ2) is 7.57. The van der Waals surface area contributed by atoms with Crippen LogP contribution in [0.1, 0.15) is 18.9 Å². The number of aromatic nitrogens is 1. The van der Waals surface area contributed by atoms with E-state index in [1.807, 2.05) is 6.92 Å². The van der Waals surface area contributed by atoms with Gasteiger partial charge in [-0.25, -0.2) is 4.98 Å². The Labute approximate surface area is 143 Å². The van der Waals surface area contributed by atoms with Crippen molar-refractivity contribution in [2.45, 2.75) is 25.6 Å². The normalized spacial score (nSPS) is 19.4. The van der Waals surface area contributed by atoms with Crippen LogP contribution in [-0.4, -0.2) is 43.6 Å². The van der Waals surface area contributed by atoms with Crippen molar-refractivity contribution < 1.29 is 18.0 Å². The number of amides is 1. The molecule has 2 atom stereocenters. The van der Waals surface area contributed by atoms with Gasteiger partial charge in [0.1, 0.15) is 5.82 Å². The SMILES string of the molecule is CNCC(C)C(=O)NC1CCN(c2ncc(C(F)(F)F)cc2Cl)C1. The molecule has 9 heteroatoms. The Morgan fingerprint density at radius 1 is 1.54 bits per heavy atom. The minimum atomic E-state index is -4.47. The van der Waals surface area contributed by atoms with E-state index in [2.05, 4.69) is 15.6 Å². The van der Waals surface area contributed by atoms with Gasteiger partial charge in [-0.05, 0) is 19.5 Å². The monoisotopic (exact) mass is 364 g/mol. The molecule has 1 aliphatic heterocycles. The molecule has 0 bridgehead atoms. The third kappa shape index (κ3) is 4.51. The van der Waals surface area contributed by atoms with Crippen molar-refractivity contribution in [1.29, 1.82) is 0 Å². The highest BCUT2D eigenvalue weighted by Crippen LogP contribution is 2.34. The summed E-state index contributed by atoms with van der Waals surface area (Å²) in [7, 11) is 1.78. The van der Waals surface area contributed by atoms with E-state index in [1.54, 1.807) is 11.9 Å². The fourth-order valence-corrected chi connectivity index (χ4v) is 2.92. The van der Waals surface area contributed by atoms with Crippen molar-refractivity contribution in [1.82, 2.24) is 15.6 Å². The molecule has 0 spiro atoms. The van der Waals surface area contributed by atoms with E-state index in [4.69, 9.17) is 11.6 Å². The van der Waals surface area contributed by atoms with E-state index in [0.717, 1.165) is 12.3 Å². The highest BCUT2D eigenvalue weighted by molar-refractivity contribution is 6.33. The zero-order valence-corrected chi connectivity index (χ0v) is 14.2. The van der Waals surface area contributed by atoms with Crippen molar-refractivity contribution >= 4 is 23.3 Å². The van der Waals surface area contributed by atoms with Crippen LogP contribution < -0.4 is 15.5 Å². The quantitative estimate of drug-likeness (QED) is 0.841. The summed E-state index contributed by atoms with van der Waals surface area (Å²) in [6, 6.07) is 0.807. The predicted octanol–water partition coefficient (Wildman–Crippen LogP) is 2.30. The van der Waals surface area contributed by atoms with Gasteiger partial charge in [-0.3, -0.25) is 4.79 Å². The molecule has 0 aliphatic carbocycles. The first kappa shape index (κ1) is 18.8. The smallest absolute Gasteiger partial charge is 0.353 e. The number of nitrogens with zero attached hydrogens (tertiary/aromatic N) is 2. The summed E-state index contributed by atoms with van der Waals surface area (Å²) in [4.78, 5) is 17.7. The molecule has 5 nitrogen and oxygen atoms in total. The number of alkyl halides is 3. The summed E-state index contributed by atoms with van der Waals surface area (Å²) in [5, 5.41) is 5.85. The van der Waals surface area contributed by atoms with Gasteiger partial charge in [-0.15, -0.1) is 0 Å². The fraction of sp³-hybridized carbons (Fsp3) is 0.600. The minimum Gasteiger partial charge on any atom is -0.353 e. The highest BCUT2D eigenvalue weighted by Gasteiger charge is 2.33. The minimum absolute atomic E-state index is 0.0413. The van der Waals surface area contributed by atoms with Crippen molar-refractivity contribution in [2.24, 2.45) is 5.92 Å². The van der Waals surface area contributed by atoms with Gasteiger partial charge in [-0.1, -0.05) is 18.5 Å². The first-order valence-corrected chi connectivity index (χ1v) is 8.02. The van der Waals surface area contributed by atoms with Gasteiger partial charge in [0.2, 0.25) is 5.91 Å². The van der Waals surface area contributed by atoms with Crippen LogP contribution >= 0.6 is 11.6 Å². The van der Waals surface area contributed by atoms with E-state index < -0.39 is 11.7 Å². The predicted molar refractivity (Wildman–Crippen MR) is 86.1 cm³/mol. The average Bonchev–Trinajstić information content (AvgIpc) is 2.94. The number of pyridine rings is 1. The van der Waals surface area contributed by atoms with Crippen LogP contribution in [0.25, 0.3) is 0 Å².